The van der Waals surface area contributed by atoms with Crippen LogP contribution in [0.1, 0.15) is 53.4 Å². The van der Waals surface area contributed by atoms with Gasteiger partial charge in [0.1, 0.15) is 0 Å². The largest absolute Gasteiger partial charge is 0.478 e. The number of hydrogen-bond acceptors (Lipinski definition) is 2. The summed E-state index contributed by atoms with van der Waals surface area (Å²) in [6.07, 6.45) is 9.64. The molecule has 0 saturated heterocycles. The minimum absolute atomic E-state index is 0.126. The van der Waals surface area contributed by atoms with Crippen LogP contribution in [0.15, 0.2) is 24.3 Å². The van der Waals surface area contributed by atoms with E-state index in [1.54, 1.807) is 12.2 Å². The van der Waals surface area contributed by atoms with Gasteiger partial charge in [-0.2, -0.15) is 0 Å². The molecule has 2 N–H and O–H groups in total. The number of allylic oxidation sites excluding steroid dienone is 2. The Morgan fingerprint density at radius 3 is 1.35 bits per heavy atom. The predicted molar refractivity (Wildman–Crippen MR) is 79.6 cm³/mol. The molecule has 0 fully saturated rings. The SMILES string of the molecule is CC(C)(/C=C/C(=O)O)CCCCC(C)(C)/C=C/C(=O)O. The summed E-state index contributed by atoms with van der Waals surface area (Å²) in [5.74, 6) is -1.84. The fraction of sp³-hybridized carbons (Fsp3) is 0.625. The summed E-state index contributed by atoms with van der Waals surface area (Å²) in [6, 6.07) is 0. The Hall–Kier alpha value is -1.58. The van der Waals surface area contributed by atoms with Crippen LogP contribution in [0.5, 0.6) is 0 Å². The van der Waals surface area contributed by atoms with Crippen molar-refractivity contribution in [3.05, 3.63) is 24.3 Å². The molecule has 0 saturated carbocycles. The van der Waals surface area contributed by atoms with E-state index in [0.29, 0.717) is 0 Å². The highest BCUT2D eigenvalue weighted by Gasteiger charge is 2.17. The number of unbranched alkanes of at least 4 members (excludes halogenated alkanes) is 1. The van der Waals surface area contributed by atoms with Crippen molar-refractivity contribution in [1.82, 2.24) is 0 Å². The van der Waals surface area contributed by atoms with Gasteiger partial charge in [0, 0.05) is 12.2 Å². The van der Waals surface area contributed by atoms with Gasteiger partial charge in [0.05, 0.1) is 0 Å². The molecule has 0 aliphatic rings. The van der Waals surface area contributed by atoms with Crippen molar-refractivity contribution in [2.75, 3.05) is 0 Å². The number of aliphatic carboxylic acids is 2. The first-order chi connectivity index (χ1) is 9.04. The second-order valence-electron chi connectivity index (χ2n) is 6.53. The molecular formula is C16H26O4. The Morgan fingerprint density at radius 2 is 1.10 bits per heavy atom. The molecule has 114 valence electrons. The van der Waals surface area contributed by atoms with E-state index in [-0.39, 0.29) is 10.8 Å². The maximum absolute atomic E-state index is 10.5. The standard InChI is InChI=1S/C16H26O4/c1-15(2,11-7-13(17)18)9-5-6-10-16(3,4)12-8-14(19)20/h7-8,11-12H,5-6,9-10H2,1-4H3,(H,17,18)(H,19,20)/b11-7+,12-8+. The zero-order valence-electron chi connectivity index (χ0n) is 12.8. The van der Waals surface area contributed by atoms with E-state index in [4.69, 9.17) is 10.2 Å². The maximum atomic E-state index is 10.5. The molecule has 0 aromatic carbocycles. The minimum atomic E-state index is -0.919. The Labute approximate surface area is 121 Å². The van der Waals surface area contributed by atoms with Crippen molar-refractivity contribution in [3.63, 3.8) is 0 Å². The number of rotatable bonds is 9. The molecule has 0 aromatic heterocycles. The quantitative estimate of drug-likeness (QED) is 0.497. The van der Waals surface area contributed by atoms with Gasteiger partial charge in [0.2, 0.25) is 0 Å². The third-order valence-corrected chi connectivity index (χ3v) is 3.25. The van der Waals surface area contributed by atoms with Crippen LogP contribution in [0.2, 0.25) is 0 Å². The lowest BCUT2D eigenvalue weighted by Gasteiger charge is -2.23. The lowest BCUT2D eigenvalue weighted by molar-refractivity contribution is -0.132. The molecule has 4 nitrogen and oxygen atoms in total. The van der Waals surface area contributed by atoms with Crippen molar-refractivity contribution in [3.8, 4) is 0 Å². The summed E-state index contributed by atoms with van der Waals surface area (Å²) < 4.78 is 0. The maximum Gasteiger partial charge on any atom is 0.327 e. The van der Waals surface area contributed by atoms with Gasteiger partial charge in [-0.1, -0.05) is 52.7 Å². The topological polar surface area (TPSA) is 74.6 Å². The molecule has 0 unspecified atom stereocenters. The van der Waals surface area contributed by atoms with Crippen molar-refractivity contribution in [2.24, 2.45) is 10.8 Å². The first kappa shape index (κ1) is 18.4. The van der Waals surface area contributed by atoms with Crippen LogP contribution in [-0.4, -0.2) is 22.2 Å². The lowest BCUT2D eigenvalue weighted by Crippen LogP contribution is -2.11. The zero-order valence-corrected chi connectivity index (χ0v) is 12.8. The third kappa shape index (κ3) is 10.4. The van der Waals surface area contributed by atoms with Crippen molar-refractivity contribution >= 4 is 11.9 Å². The minimum Gasteiger partial charge on any atom is -0.478 e. The average Bonchev–Trinajstić information content (AvgIpc) is 2.30. The van der Waals surface area contributed by atoms with E-state index in [9.17, 15) is 9.59 Å². The van der Waals surface area contributed by atoms with Gasteiger partial charge in [-0.15, -0.1) is 0 Å². The first-order valence-corrected chi connectivity index (χ1v) is 6.88. The summed E-state index contributed by atoms with van der Waals surface area (Å²) >= 11 is 0. The summed E-state index contributed by atoms with van der Waals surface area (Å²) in [4.78, 5) is 21.0. The Bertz CT molecular complexity index is 351. The van der Waals surface area contributed by atoms with Gasteiger partial charge in [-0.05, 0) is 23.7 Å². The highest BCUT2D eigenvalue weighted by Crippen LogP contribution is 2.29. The lowest BCUT2D eigenvalue weighted by atomic mass is 9.82. The normalized spacial score (nSPS) is 13.2. The predicted octanol–water partition coefficient (Wildman–Crippen LogP) is 3.88. The van der Waals surface area contributed by atoms with Crippen LogP contribution in [0.4, 0.5) is 0 Å². The number of carboxylic acid groups (broad SMARTS) is 2. The van der Waals surface area contributed by atoms with Gasteiger partial charge >= 0.3 is 11.9 Å². The van der Waals surface area contributed by atoms with Crippen LogP contribution in [0.25, 0.3) is 0 Å². The molecule has 4 heteroatoms. The smallest absolute Gasteiger partial charge is 0.327 e. The molecule has 0 radical (unpaired) electrons. The van der Waals surface area contributed by atoms with Gasteiger partial charge in [0.15, 0.2) is 0 Å². The van der Waals surface area contributed by atoms with Crippen molar-refractivity contribution < 1.29 is 19.8 Å². The Morgan fingerprint density at radius 1 is 0.800 bits per heavy atom. The fourth-order valence-electron chi connectivity index (χ4n) is 1.92. The van der Waals surface area contributed by atoms with E-state index >= 15 is 0 Å². The molecule has 0 spiro atoms. The summed E-state index contributed by atoms with van der Waals surface area (Å²) in [5, 5.41) is 17.2. The van der Waals surface area contributed by atoms with Crippen LogP contribution >= 0.6 is 0 Å². The molecule has 0 heterocycles. The molecule has 0 amide bonds. The van der Waals surface area contributed by atoms with Crippen LogP contribution < -0.4 is 0 Å². The molecular weight excluding hydrogens is 256 g/mol. The number of hydrogen-bond donors (Lipinski definition) is 2. The highest BCUT2D eigenvalue weighted by atomic mass is 16.4. The number of carbonyl (C=O) groups is 2. The molecule has 20 heavy (non-hydrogen) atoms. The van der Waals surface area contributed by atoms with E-state index in [1.807, 2.05) is 27.7 Å². The van der Waals surface area contributed by atoms with E-state index < -0.39 is 11.9 Å². The van der Waals surface area contributed by atoms with Crippen LogP contribution in [0.3, 0.4) is 0 Å². The molecule has 0 aromatic rings. The number of carboxylic acids is 2. The van der Waals surface area contributed by atoms with Crippen molar-refractivity contribution in [2.45, 2.75) is 53.4 Å². The third-order valence-electron chi connectivity index (χ3n) is 3.25. The summed E-state index contributed by atoms with van der Waals surface area (Å²) in [5.41, 5.74) is -0.251. The zero-order chi connectivity index (χ0) is 15.8. The average molecular weight is 282 g/mol. The summed E-state index contributed by atoms with van der Waals surface area (Å²) in [7, 11) is 0. The highest BCUT2D eigenvalue weighted by molar-refractivity contribution is 5.80. The van der Waals surface area contributed by atoms with Crippen molar-refractivity contribution in [1.29, 1.82) is 0 Å². The fourth-order valence-corrected chi connectivity index (χ4v) is 1.92. The van der Waals surface area contributed by atoms with Gasteiger partial charge < -0.3 is 10.2 Å². The summed E-state index contributed by atoms with van der Waals surface area (Å²) in [6.45, 7) is 8.06. The molecule has 0 aliphatic heterocycles. The van der Waals surface area contributed by atoms with E-state index in [0.717, 1.165) is 25.7 Å². The van der Waals surface area contributed by atoms with Crippen LogP contribution in [0, 0.1) is 10.8 Å². The van der Waals surface area contributed by atoms with Gasteiger partial charge in [0.25, 0.3) is 0 Å². The monoisotopic (exact) mass is 282 g/mol. The first-order valence-electron chi connectivity index (χ1n) is 6.88. The van der Waals surface area contributed by atoms with E-state index in [1.165, 1.54) is 12.2 Å². The Kier molecular flexibility index (Phi) is 7.25. The molecule has 0 bridgehead atoms. The van der Waals surface area contributed by atoms with Gasteiger partial charge in [-0.25, -0.2) is 9.59 Å². The molecule has 0 rings (SSSR count). The van der Waals surface area contributed by atoms with E-state index in [2.05, 4.69) is 0 Å². The van der Waals surface area contributed by atoms with Crippen LogP contribution in [-0.2, 0) is 9.59 Å². The van der Waals surface area contributed by atoms with Gasteiger partial charge in [-0.3, -0.25) is 0 Å². The molecule has 0 atom stereocenters. The molecule has 0 aliphatic carbocycles. The second kappa shape index (κ2) is 7.88. The second-order valence-corrected chi connectivity index (χ2v) is 6.53. The Balaban J connectivity index is 4.13.